The molecule has 0 aliphatic heterocycles. The number of nitrogens with one attached hydrogen (secondary N) is 1. The van der Waals surface area contributed by atoms with Gasteiger partial charge in [-0.3, -0.25) is 4.79 Å². The molecule has 0 fully saturated rings. The zero-order chi connectivity index (χ0) is 20.2. The third-order valence-corrected chi connectivity index (χ3v) is 5.16. The van der Waals surface area contributed by atoms with Gasteiger partial charge in [0.05, 0.1) is 6.54 Å². The van der Waals surface area contributed by atoms with Crippen molar-refractivity contribution in [2.24, 2.45) is 0 Å². The molecule has 1 heterocycles. The number of amides is 1. The van der Waals surface area contributed by atoms with Crippen molar-refractivity contribution < 1.29 is 14.1 Å². The Morgan fingerprint density at radius 1 is 1.17 bits per heavy atom. The molecule has 150 valence electrons. The van der Waals surface area contributed by atoms with E-state index < -0.39 is 6.10 Å². The number of carbonyl (C=O) groups is 1. The summed E-state index contributed by atoms with van der Waals surface area (Å²) in [5.74, 6) is 1.37. The van der Waals surface area contributed by atoms with Crippen LogP contribution < -0.4 is 10.1 Å². The number of rotatable bonds is 6. The van der Waals surface area contributed by atoms with Crippen molar-refractivity contribution in [1.82, 2.24) is 15.5 Å². The molecule has 4 rings (SSSR count). The largest absolute Gasteiger partial charge is 0.481 e. The van der Waals surface area contributed by atoms with Gasteiger partial charge in [-0.1, -0.05) is 35.0 Å². The van der Waals surface area contributed by atoms with Crippen LogP contribution in [0.15, 0.2) is 47.0 Å². The van der Waals surface area contributed by atoms with E-state index in [1.54, 1.807) is 6.92 Å². The molecule has 0 radical (unpaired) electrons. The van der Waals surface area contributed by atoms with Crippen LogP contribution in [0.2, 0.25) is 0 Å². The summed E-state index contributed by atoms with van der Waals surface area (Å²) in [6.45, 7) is 3.91. The maximum absolute atomic E-state index is 12.4. The van der Waals surface area contributed by atoms with Crippen LogP contribution in [-0.4, -0.2) is 22.2 Å². The molecule has 3 aromatic rings. The molecule has 2 aromatic carbocycles. The number of aryl methyl sites for hydroxylation is 3. The van der Waals surface area contributed by atoms with E-state index in [1.165, 1.54) is 24.0 Å². The first-order valence-corrected chi connectivity index (χ1v) is 10.0. The Morgan fingerprint density at radius 2 is 2.00 bits per heavy atom. The van der Waals surface area contributed by atoms with Crippen LogP contribution in [0.25, 0.3) is 11.4 Å². The SMILES string of the molecule is Cc1cccc(-c2noc(CNC(=O)C(C)Oc3ccc4c(c3)CCCC4)n2)c1. The maximum atomic E-state index is 12.4. The van der Waals surface area contributed by atoms with Crippen LogP contribution in [-0.2, 0) is 24.2 Å². The first kappa shape index (κ1) is 19.2. The Kier molecular flexibility index (Phi) is 5.60. The first-order chi connectivity index (χ1) is 14.1. The predicted molar refractivity (Wildman–Crippen MR) is 109 cm³/mol. The second-order valence-corrected chi connectivity index (χ2v) is 7.50. The lowest BCUT2D eigenvalue weighted by Crippen LogP contribution is -2.36. The van der Waals surface area contributed by atoms with E-state index in [-0.39, 0.29) is 12.5 Å². The van der Waals surface area contributed by atoms with Crippen molar-refractivity contribution in [3.05, 3.63) is 65.0 Å². The number of fused-ring (bicyclic) bond motifs is 1. The third kappa shape index (κ3) is 4.65. The molecule has 1 aliphatic carbocycles. The molecule has 6 heteroatoms. The Morgan fingerprint density at radius 3 is 2.83 bits per heavy atom. The van der Waals surface area contributed by atoms with E-state index in [4.69, 9.17) is 9.26 Å². The standard InChI is InChI=1S/C23H25N3O3/c1-15-6-5-9-19(12-15)22-25-21(29-26-22)14-24-23(27)16(2)28-20-11-10-17-7-3-4-8-18(17)13-20/h5-6,9-13,16H,3-4,7-8,14H2,1-2H3,(H,24,27). The van der Waals surface area contributed by atoms with Gasteiger partial charge in [0.1, 0.15) is 5.75 Å². The summed E-state index contributed by atoms with van der Waals surface area (Å²) in [6.07, 6.45) is 4.04. The van der Waals surface area contributed by atoms with Gasteiger partial charge in [-0.15, -0.1) is 0 Å². The monoisotopic (exact) mass is 391 g/mol. The van der Waals surface area contributed by atoms with Crippen molar-refractivity contribution in [3.8, 4) is 17.1 Å². The summed E-state index contributed by atoms with van der Waals surface area (Å²) in [5, 5.41) is 6.79. The normalized spacial score (nSPS) is 14.1. The summed E-state index contributed by atoms with van der Waals surface area (Å²) < 4.78 is 11.1. The highest BCUT2D eigenvalue weighted by Gasteiger charge is 2.17. The molecule has 29 heavy (non-hydrogen) atoms. The van der Waals surface area contributed by atoms with Gasteiger partial charge in [-0.05, 0) is 68.9 Å². The third-order valence-electron chi connectivity index (χ3n) is 5.16. The molecule has 0 saturated heterocycles. The smallest absolute Gasteiger partial charge is 0.261 e. The van der Waals surface area contributed by atoms with E-state index in [0.29, 0.717) is 11.7 Å². The minimum absolute atomic E-state index is 0.162. The van der Waals surface area contributed by atoms with Gasteiger partial charge >= 0.3 is 0 Å². The second kappa shape index (κ2) is 8.47. The van der Waals surface area contributed by atoms with Crippen LogP contribution in [0.3, 0.4) is 0 Å². The van der Waals surface area contributed by atoms with E-state index in [0.717, 1.165) is 29.7 Å². The predicted octanol–water partition coefficient (Wildman–Crippen LogP) is 4.01. The first-order valence-electron chi connectivity index (χ1n) is 10.0. The van der Waals surface area contributed by atoms with Crippen LogP contribution in [0.5, 0.6) is 5.75 Å². The molecule has 1 aromatic heterocycles. The molecule has 1 N–H and O–H groups in total. The average molecular weight is 391 g/mol. The molecular weight excluding hydrogens is 366 g/mol. The van der Waals surface area contributed by atoms with Crippen LogP contribution in [0.4, 0.5) is 0 Å². The van der Waals surface area contributed by atoms with Gasteiger partial charge < -0.3 is 14.6 Å². The van der Waals surface area contributed by atoms with Gasteiger partial charge in [-0.25, -0.2) is 0 Å². The topological polar surface area (TPSA) is 77.2 Å². The van der Waals surface area contributed by atoms with Gasteiger partial charge in [-0.2, -0.15) is 4.98 Å². The van der Waals surface area contributed by atoms with Gasteiger partial charge in [0.2, 0.25) is 11.7 Å². The van der Waals surface area contributed by atoms with Gasteiger partial charge in [0, 0.05) is 5.56 Å². The zero-order valence-electron chi connectivity index (χ0n) is 16.8. The molecule has 6 nitrogen and oxygen atoms in total. The Hall–Kier alpha value is -3.15. The minimum atomic E-state index is -0.615. The lowest BCUT2D eigenvalue weighted by Gasteiger charge is -2.19. The van der Waals surface area contributed by atoms with E-state index >= 15 is 0 Å². The molecule has 1 amide bonds. The van der Waals surface area contributed by atoms with E-state index in [1.807, 2.05) is 37.3 Å². The summed E-state index contributed by atoms with van der Waals surface area (Å²) in [4.78, 5) is 16.8. The highest BCUT2D eigenvalue weighted by molar-refractivity contribution is 5.80. The molecule has 1 atom stereocenters. The van der Waals surface area contributed by atoms with Crippen LogP contribution in [0, 0.1) is 6.92 Å². The fourth-order valence-electron chi connectivity index (χ4n) is 3.58. The zero-order valence-corrected chi connectivity index (χ0v) is 16.8. The number of carbonyl (C=O) groups excluding carboxylic acids is 1. The van der Waals surface area contributed by atoms with Gasteiger partial charge in [0.25, 0.3) is 5.91 Å². The fraction of sp³-hybridized carbons (Fsp3) is 0.348. The number of aromatic nitrogens is 2. The fourth-order valence-corrected chi connectivity index (χ4v) is 3.58. The Balaban J connectivity index is 1.32. The highest BCUT2D eigenvalue weighted by atomic mass is 16.5. The maximum Gasteiger partial charge on any atom is 0.261 e. The Labute approximate surface area is 170 Å². The minimum Gasteiger partial charge on any atom is -0.481 e. The molecule has 0 saturated carbocycles. The summed E-state index contributed by atoms with van der Waals surface area (Å²) in [7, 11) is 0. The number of nitrogens with zero attached hydrogens (tertiary/aromatic N) is 2. The summed E-state index contributed by atoms with van der Waals surface area (Å²) in [5.41, 5.74) is 4.73. The average Bonchev–Trinajstić information content (AvgIpc) is 3.21. The Bertz CT molecular complexity index is 1010. The van der Waals surface area contributed by atoms with Crippen molar-refractivity contribution in [3.63, 3.8) is 0 Å². The molecule has 0 spiro atoms. The van der Waals surface area contributed by atoms with Crippen LogP contribution >= 0.6 is 0 Å². The van der Waals surface area contributed by atoms with Crippen molar-refractivity contribution in [2.45, 2.75) is 52.2 Å². The lowest BCUT2D eigenvalue weighted by atomic mass is 9.92. The van der Waals surface area contributed by atoms with Crippen LogP contribution in [0.1, 0.15) is 42.3 Å². The number of hydrogen-bond acceptors (Lipinski definition) is 5. The lowest BCUT2D eigenvalue weighted by molar-refractivity contribution is -0.127. The van der Waals surface area contributed by atoms with Crippen molar-refractivity contribution in [2.75, 3.05) is 0 Å². The van der Waals surface area contributed by atoms with Crippen molar-refractivity contribution in [1.29, 1.82) is 0 Å². The van der Waals surface area contributed by atoms with E-state index in [9.17, 15) is 4.79 Å². The number of benzene rings is 2. The molecule has 1 unspecified atom stereocenters. The molecule has 1 aliphatic rings. The number of hydrogen-bond donors (Lipinski definition) is 1. The summed E-state index contributed by atoms with van der Waals surface area (Å²) >= 11 is 0. The van der Waals surface area contributed by atoms with Gasteiger partial charge in [0.15, 0.2) is 6.10 Å². The molecule has 0 bridgehead atoms. The van der Waals surface area contributed by atoms with E-state index in [2.05, 4.69) is 27.6 Å². The van der Waals surface area contributed by atoms with Crippen molar-refractivity contribution >= 4 is 5.91 Å². The quantitative estimate of drug-likeness (QED) is 0.687. The molecular formula is C23H25N3O3. The number of ether oxygens (including phenoxy) is 1. The second-order valence-electron chi connectivity index (χ2n) is 7.50. The highest BCUT2D eigenvalue weighted by Crippen LogP contribution is 2.26. The summed E-state index contributed by atoms with van der Waals surface area (Å²) in [6, 6.07) is 14.0.